The third-order valence-corrected chi connectivity index (χ3v) is 4.78. The summed E-state index contributed by atoms with van der Waals surface area (Å²) in [6.45, 7) is 6.46. The maximum atomic E-state index is 13.2. The highest BCUT2D eigenvalue weighted by molar-refractivity contribution is 7.97. The molecule has 0 aliphatic heterocycles. The number of rotatable bonds is 5. The summed E-state index contributed by atoms with van der Waals surface area (Å²) in [4.78, 5) is 21.2. The van der Waals surface area contributed by atoms with E-state index in [-0.39, 0.29) is 17.7 Å². The second-order valence-corrected chi connectivity index (χ2v) is 7.31. The van der Waals surface area contributed by atoms with Gasteiger partial charge in [0.1, 0.15) is 12.2 Å². The highest BCUT2D eigenvalue weighted by Gasteiger charge is 2.35. The number of oxime groups is 1. The van der Waals surface area contributed by atoms with Crippen molar-refractivity contribution in [2.75, 3.05) is 7.05 Å². The van der Waals surface area contributed by atoms with E-state index >= 15 is 0 Å². The van der Waals surface area contributed by atoms with Crippen molar-refractivity contribution >= 4 is 23.8 Å². The van der Waals surface area contributed by atoms with Crippen molar-refractivity contribution in [2.24, 2.45) is 5.16 Å². The maximum Gasteiger partial charge on any atom is 0.446 e. The van der Waals surface area contributed by atoms with Gasteiger partial charge in [0.05, 0.1) is 17.8 Å². The Morgan fingerprint density at radius 2 is 2.00 bits per heavy atom. The van der Waals surface area contributed by atoms with Gasteiger partial charge in [-0.25, -0.2) is 18.8 Å². The van der Waals surface area contributed by atoms with Gasteiger partial charge in [0.25, 0.3) is 0 Å². The van der Waals surface area contributed by atoms with Crippen LogP contribution in [0.2, 0.25) is 0 Å². The molecule has 0 spiro atoms. The van der Waals surface area contributed by atoms with Crippen molar-refractivity contribution in [3.63, 3.8) is 0 Å². The Hall–Kier alpha value is -2.56. The fraction of sp³-hybridized carbons (Fsp3) is 0.412. The standard InChI is InChI=1S/C17H20F3N5O2S/c1-10-6-7-14(12(3)15(10)17(18,19)20)28-24(5)16(26)27-23-11(2)8-25-9-21-13(4)22-25/h6-7,9H,8H2,1-5H3/b23-11+. The average molecular weight is 415 g/mol. The van der Waals surface area contributed by atoms with Gasteiger partial charge in [-0.05, 0) is 56.8 Å². The predicted octanol–water partition coefficient (Wildman–Crippen LogP) is 4.37. The Morgan fingerprint density at radius 1 is 1.32 bits per heavy atom. The SMILES string of the molecule is C/C(Cn1cnc(C)n1)=N\OC(=O)N(C)Sc1ccc(C)c(C(F)(F)F)c1C. The van der Waals surface area contributed by atoms with Gasteiger partial charge in [0.2, 0.25) is 0 Å². The van der Waals surface area contributed by atoms with Crippen LogP contribution in [-0.4, -0.2) is 37.9 Å². The van der Waals surface area contributed by atoms with Gasteiger partial charge in [0, 0.05) is 11.9 Å². The molecule has 0 saturated carbocycles. The van der Waals surface area contributed by atoms with E-state index in [1.54, 1.807) is 13.8 Å². The Bertz CT molecular complexity index is 895. The molecule has 28 heavy (non-hydrogen) atoms. The number of carbonyl (C=O) groups is 1. The van der Waals surface area contributed by atoms with E-state index < -0.39 is 17.8 Å². The van der Waals surface area contributed by atoms with Crippen molar-refractivity contribution in [2.45, 2.75) is 45.3 Å². The van der Waals surface area contributed by atoms with E-state index in [0.717, 1.165) is 16.3 Å². The molecule has 2 aromatic rings. The summed E-state index contributed by atoms with van der Waals surface area (Å²) in [7, 11) is 1.39. The summed E-state index contributed by atoms with van der Waals surface area (Å²) in [5.41, 5.74) is -0.0414. The Balaban J connectivity index is 2.03. The minimum Gasteiger partial charge on any atom is -0.297 e. The lowest BCUT2D eigenvalue weighted by Gasteiger charge is -2.19. The number of carbonyl (C=O) groups excluding carboxylic acids is 1. The number of aryl methyl sites for hydroxylation is 2. The molecule has 0 aliphatic rings. The van der Waals surface area contributed by atoms with Gasteiger partial charge >= 0.3 is 12.3 Å². The molecule has 11 heteroatoms. The van der Waals surface area contributed by atoms with Crippen LogP contribution in [0.5, 0.6) is 0 Å². The van der Waals surface area contributed by atoms with Crippen molar-refractivity contribution in [3.8, 4) is 0 Å². The number of amides is 1. The molecular weight excluding hydrogens is 395 g/mol. The molecule has 0 fully saturated rings. The molecular formula is C17H20F3N5O2S. The average Bonchev–Trinajstić information content (AvgIpc) is 2.98. The smallest absolute Gasteiger partial charge is 0.297 e. The lowest BCUT2D eigenvalue weighted by molar-refractivity contribution is -0.138. The monoisotopic (exact) mass is 415 g/mol. The molecule has 1 amide bonds. The van der Waals surface area contributed by atoms with Crippen LogP contribution in [0, 0.1) is 20.8 Å². The van der Waals surface area contributed by atoms with Crippen LogP contribution in [0.4, 0.5) is 18.0 Å². The molecule has 0 atom stereocenters. The fourth-order valence-electron chi connectivity index (χ4n) is 2.45. The highest BCUT2D eigenvalue weighted by atomic mass is 32.2. The Morgan fingerprint density at radius 3 is 2.57 bits per heavy atom. The van der Waals surface area contributed by atoms with Gasteiger partial charge in [-0.15, -0.1) is 0 Å². The number of hydrogen-bond acceptors (Lipinski definition) is 6. The molecule has 152 valence electrons. The van der Waals surface area contributed by atoms with Crippen LogP contribution in [0.25, 0.3) is 0 Å². The quantitative estimate of drug-likeness (QED) is 0.314. The number of halogens is 3. The number of nitrogens with zero attached hydrogens (tertiary/aromatic N) is 5. The summed E-state index contributed by atoms with van der Waals surface area (Å²) in [5, 5.41) is 7.82. The number of hydrogen-bond donors (Lipinski definition) is 0. The normalized spacial score (nSPS) is 12.2. The maximum absolute atomic E-state index is 13.2. The zero-order valence-electron chi connectivity index (χ0n) is 16.0. The summed E-state index contributed by atoms with van der Waals surface area (Å²) in [6.07, 6.45) is -3.76. The first-order chi connectivity index (χ1) is 13.0. The molecule has 2 rings (SSSR count). The summed E-state index contributed by atoms with van der Waals surface area (Å²) < 4.78 is 42.3. The zero-order valence-corrected chi connectivity index (χ0v) is 16.9. The van der Waals surface area contributed by atoms with E-state index in [9.17, 15) is 18.0 Å². The first kappa shape index (κ1) is 21.7. The third kappa shape index (κ3) is 5.47. The number of benzene rings is 1. The summed E-state index contributed by atoms with van der Waals surface area (Å²) >= 11 is 0.838. The van der Waals surface area contributed by atoms with Gasteiger partial charge in [0.15, 0.2) is 0 Å². The van der Waals surface area contributed by atoms with Gasteiger partial charge < -0.3 is 0 Å². The predicted molar refractivity (Wildman–Crippen MR) is 98.9 cm³/mol. The van der Waals surface area contributed by atoms with Gasteiger partial charge in [-0.1, -0.05) is 11.2 Å². The molecule has 0 aliphatic carbocycles. The molecule has 0 unspecified atom stereocenters. The molecule has 0 radical (unpaired) electrons. The van der Waals surface area contributed by atoms with Gasteiger partial charge in [-0.3, -0.25) is 4.84 Å². The minimum absolute atomic E-state index is 0.0541. The van der Waals surface area contributed by atoms with Crippen LogP contribution in [0.15, 0.2) is 28.5 Å². The van der Waals surface area contributed by atoms with Crippen LogP contribution in [-0.2, 0) is 17.6 Å². The number of alkyl halides is 3. The molecule has 1 aromatic carbocycles. The van der Waals surface area contributed by atoms with E-state index in [1.165, 1.54) is 44.0 Å². The third-order valence-electron chi connectivity index (χ3n) is 3.72. The fourth-order valence-corrected chi connectivity index (χ4v) is 3.22. The second kappa shape index (κ2) is 8.63. The molecule has 1 heterocycles. The summed E-state index contributed by atoms with van der Waals surface area (Å²) in [5.74, 6) is 0.604. The lowest BCUT2D eigenvalue weighted by atomic mass is 10.0. The molecule has 0 bridgehead atoms. The lowest BCUT2D eigenvalue weighted by Crippen LogP contribution is -2.20. The summed E-state index contributed by atoms with van der Waals surface area (Å²) in [6, 6.07) is 2.91. The van der Waals surface area contributed by atoms with Crippen LogP contribution >= 0.6 is 11.9 Å². The molecule has 0 N–H and O–H groups in total. The van der Waals surface area contributed by atoms with Crippen molar-refractivity contribution in [1.29, 1.82) is 0 Å². The van der Waals surface area contributed by atoms with E-state index in [2.05, 4.69) is 15.2 Å². The van der Waals surface area contributed by atoms with Gasteiger partial charge in [-0.2, -0.15) is 18.3 Å². The van der Waals surface area contributed by atoms with E-state index in [0.29, 0.717) is 16.4 Å². The Kier molecular flexibility index (Phi) is 6.70. The zero-order chi connectivity index (χ0) is 21.1. The Labute approximate surface area is 164 Å². The number of aromatic nitrogens is 3. The van der Waals surface area contributed by atoms with E-state index in [1.807, 2.05) is 0 Å². The van der Waals surface area contributed by atoms with Crippen LogP contribution < -0.4 is 0 Å². The molecule has 0 saturated heterocycles. The first-order valence-corrected chi connectivity index (χ1v) is 8.96. The topological polar surface area (TPSA) is 72.6 Å². The van der Waals surface area contributed by atoms with Crippen LogP contribution in [0.3, 0.4) is 0 Å². The second-order valence-electron chi connectivity index (χ2n) is 6.14. The molecule has 7 nitrogen and oxygen atoms in total. The van der Waals surface area contributed by atoms with Crippen molar-refractivity contribution < 1.29 is 22.8 Å². The highest BCUT2D eigenvalue weighted by Crippen LogP contribution is 2.38. The first-order valence-electron chi connectivity index (χ1n) is 8.18. The van der Waals surface area contributed by atoms with Crippen molar-refractivity contribution in [1.82, 2.24) is 19.1 Å². The largest absolute Gasteiger partial charge is 0.446 e. The van der Waals surface area contributed by atoms with Crippen LogP contribution in [0.1, 0.15) is 29.4 Å². The minimum atomic E-state index is -4.47. The molecule has 1 aromatic heterocycles. The van der Waals surface area contributed by atoms with Crippen molar-refractivity contribution in [3.05, 3.63) is 41.0 Å². The van der Waals surface area contributed by atoms with E-state index in [4.69, 9.17) is 4.84 Å².